The number of piperazine rings is 1. The van der Waals surface area contributed by atoms with Crippen LogP contribution >= 0.6 is 0 Å². The quantitative estimate of drug-likeness (QED) is 0.610. The molecule has 1 aromatic heterocycles. The molecule has 0 saturated carbocycles. The standard InChI is InChI=1S/C23H26FN5O2S/c1-3-18-4-10-21(11-5-18)32(30,31)29-14-12-28(13-15-29)23-25-17(2)16-22(27-23)26-20-8-6-19(24)7-9-20/h4-11,16H,3,12-15H2,1-2H3,(H,25,26,27). The van der Waals surface area contributed by atoms with E-state index in [9.17, 15) is 12.8 Å². The van der Waals surface area contributed by atoms with E-state index in [1.807, 2.05) is 36.9 Å². The lowest BCUT2D eigenvalue weighted by atomic mass is 10.2. The summed E-state index contributed by atoms with van der Waals surface area (Å²) in [6.45, 7) is 5.61. The molecule has 2 heterocycles. The predicted molar refractivity (Wildman–Crippen MR) is 123 cm³/mol. The van der Waals surface area contributed by atoms with Crippen LogP contribution in [0.1, 0.15) is 18.2 Å². The van der Waals surface area contributed by atoms with E-state index in [-0.39, 0.29) is 5.82 Å². The number of aromatic nitrogens is 2. The van der Waals surface area contributed by atoms with Crippen molar-refractivity contribution in [2.75, 3.05) is 36.4 Å². The maximum atomic E-state index is 13.1. The van der Waals surface area contributed by atoms with E-state index in [1.54, 1.807) is 24.3 Å². The van der Waals surface area contributed by atoms with Crippen LogP contribution in [-0.4, -0.2) is 48.9 Å². The maximum Gasteiger partial charge on any atom is 0.243 e. The molecule has 9 heteroatoms. The van der Waals surface area contributed by atoms with Crippen molar-refractivity contribution in [3.63, 3.8) is 0 Å². The summed E-state index contributed by atoms with van der Waals surface area (Å²) in [5, 5.41) is 3.16. The van der Waals surface area contributed by atoms with Gasteiger partial charge in [-0.05, 0) is 55.3 Å². The molecule has 2 aromatic carbocycles. The predicted octanol–water partition coefficient (Wildman–Crippen LogP) is 3.74. The first-order valence-corrected chi connectivity index (χ1v) is 12.0. The van der Waals surface area contributed by atoms with Gasteiger partial charge in [0.2, 0.25) is 16.0 Å². The van der Waals surface area contributed by atoms with Gasteiger partial charge < -0.3 is 10.2 Å². The van der Waals surface area contributed by atoms with Crippen LogP contribution in [0.15, 0.2) is 59.5 Å². The van der Waals surface area contributed by atoms with E-state index in [2.05, 4.69) is 15.3 Å². The van der Waals surface area contributed by atoms with Crippen LogP contribution in [0.3, 0.4) is 0 Å². The number of hydrogen-bond acceptors (Lipinski definition) is 6. The zero-order valence-corrected chi connectivity index (χ0v) is 18.9. The largest absolute Gasteiger partial charge is 0.340 e. The molecule has 3 aromatic rings. The molecule has 1 N–H and O–H groups in total. The third kappa shape index (κ3) is 4.89. The molecule has 1 fully saturated rings. The lowest BCUT2D eigenvalue weighted by molar-refractivity contribution is 0.382. The zero-order chi connectivity index (χ0) is 22.7. The van der Waals surface area contributed by atoms with Gasteiger partial charge in [-0.2, -0.15) is 9.29 Å². The van der Waals surface area contributed by atoms with Gasteiger partial charge in [0.1, 0.15) is 11.6 Å². The molecule has 0 spiro atoms. The Kier molecular flexibility index (Phi) is 6.38. The summed E-state index contributed by atoms with van der Waals surface area (Å²) in [6, 6.07) is 14.9. The Morgan fingerprint density at radius 3 is 2.25 bits per heavy atom. The summed E-state index contributed by atoms with van der Waals surface area (Å²) in [6.07, 6.45) is 0.869. The van der Waals surface area contributed by atoms with Gasteiger partial charge in [-0.1, -0.05) is 19.1 Å². The Labute approximate surface area is 188 Å². The first-order valence-electron chi connectivity index (χ1n) is 10.6. The van der Waals surface area contributed by atoms with Crippen LogP contribution in [-0.2, 0) is 16.4 Å². The van der Waals surface area contributed by atoms with Gasteiger partial charge in [0.05, 0.1) is 4.90 Å². The summed E-state index contributed by atoms with van der Waals surface area (Å²) in [5.74, 6) is 0.841. The Hall–Kier alpha value is -3.04. The van der Waals surface area contributed by atoms with Crippen LogP contribution in [0.2, 0.25) is 0 Å². The molecule has 7 nitrogen and oxygen atoms in total. The Morgan fingerprint density at radius 1 is 0.969 bits per heavy atom. The highest BCUT2D eigenvalue weighted by Gasteiger charge is 2.29. The maximum absolute atomic E-state index is 13.1. The number of sulfonamides is 1. The average molecular weight is 456 g/mol. The van der Waals surface area contributed by atoms with Crippen molar-refractivity contribution >= 4 is 27.5 Å². The summed E-state index contributed by atoms with van der Waals surface area (Å²) in [7, 11) is -3.53. The number of aryl methyl sites for hydroxylation is 2. The molecular formula is C23H26FN5O2S. The van der Waals surface area contributed by atoms with E-state index in [4.69, 9.17) is 0 Å². The molecule has 0 aliphatic carbocycles. The third-order valence-corrected chi connectivity index (χ3v) is 7.36. The van der Waals surface area contributed by atoms with E-state index >= 15 is 0 Å². The van der Waals surface area contributed by atoms with Gasteiger partial charge in [0, 0.05) is 43.6 Å². The zero-order valence-electron chi connectivity index (χ0n) is 18.1. The summed E-state index contributed by atoms with van der Waals surface area (Å²) in [4.78, 5) is 11.4. The van der Waals surface area contributed by atoms with Crippen molar-refractivity contribution < 1.29 is 12.8 Å². The molecule has 4 rings (SSSR count). The third-order valence-electron chi connectivity index (χ3n) is 5.45. The fourth-order valence-electron chi connectivity index (χ4n) is 3.61. The second-order valence-electron chi connectivity index (χ2n) is 7.72. The van der Waals surface area contributed by atoms with Crippen LogP contribution in [0.5, 0.6) is 0 Å². The molecule has 0 atom stereocenters. The number of anilines is 3. The van der Waals surface area contributed by atoms with Crippen molar-refractivity contribution in [1.82, 2.24) is 14.3 Å². The minimum atomic E-state index is -3.53. The Bertz CT molecular complexity index is 1180. The second kappa shape index (κ2) is 9.22. The highest BCUT2D eigenvalue weighted by molar-refractivity contribution is 7.89. The van der Waals surface area contributed by atoms with Crippen molar-refractivity contribution in [3.8, 4) is 0 Å². The second-order valence-corrected chi connectivity index (χ2v) is 9.65. The molecule has 32 heavy (non-hydrogen) atoms. The average Bonchev–Trinajstić information content (AvgIpc) is 2.80. The van der Waals surface area contributed by atoms with Crippen LogP contribution < -0.4 is 10.2 Å². The Morgan fingerprint density at radius 2 is 1.62 bits per heavy atom. The summed E-state index contributed by atoms with van der Waals surface area (Å²) >= 11 is 0. The number of nitrogens with one attached hydrogen (secondary N) is 1. The first kappa shape index (κ1) is 22.2. The molecule has 1 saturated heterocycles. The molecule has 0 unspecified atom stereocenters. The van der Waals surface area contributed by atoms with Gasteiger partial charge >= 0.3 is 0 Å². The first-order chi connectivity index (χ1) is 15.3. The van der Waals surface area contributed by atoms with Crippen LogP contribution in [0, 0.1) is 12.7 Å². The fraction of sp³-hybridized carbons (Fsp3) is 0.304. The van der Waals surface area contributed by atoms with Crippen LogP contribution in [0.4, 0.5) is 21.8 Å². The van der Waals surface area contributed by atoms with Gasteiger partial charge in [-0.15, -0.1) is 0 Å². The smallest absolute Gasteiger partial charge is 0.243 e. The van der Waals surface area contributed by atoms with E-state index in [1.165, 1.54) is 16.4 Å². The molecular weight excluding hydrogens is 429 g/mol. The number of rotatable bonds is 6. The number of nitrogens with zero attached hydrogens (tertiary/aromatic N) is 4. The lowest BCUT2D eigenvalue weighted by Crippen LogP contribution is -2.49. The lowest BCUT2D eigenvalue weighted by Gasteiger charge is -2.34. The van der Waals surface area contributed by atoms with Gasteiger partial charge in [-0.25, -0.2) is 17.8 Å². The molecule has 0 bridgehead atoms. The van der Waals surface area contributed by atoms with Crippen molar-refractivity contribution in [3.05, 3.63) is 71.7 Å². The van der Waals surface area contributed by atoms with E-state index < -0.39 is 10.0 Å². The highest BCUT2D eigenvalue weighted by atomic mass is 32.2. The minimum absolute atomic E-state index is 0.302. The van der Waals surface area contributed by atoms with Crippen molar-refractivity contribution in [2.45, 2.75) is 25.2 Å². The monoisotopic (exact) mass is 455 g/mol. The molecule has 1 aliphatic rings. The number of halogens is 1. The topological polar surface area (TPSA) is 78.4 Å². The molecule has 1 aliphatic heterocycles. The van der Waals surface area contributed by atoms with E-state index in [0.29, 0.717) is 42.8 Å². The normalized spacial score (nSPS) is 15.0. The summed E-state index contributed by atoms with van der Waals surface area (Å²) in [5.41, 5.74) is 2.61. The summed E-state index contributed by atoms with van der Waals surface area (Å²) < 4.78 is 40.7. The number of hydrogen-bond donors (Lipinski definition) is 1. The van der Waals surface area contributed by atoms with Crippen LogP contribution in [0.25, 0.3) is 0 Å². The minimum Gasteiger partial charge on any atom is -0.340 e. The van der Waals surface area contributed by atoms with E-state index in [0.717, 1.165) is 23.4 Å². The SMILES string of the molecule is CCc1ccc(S(=O)(=O)N2CCN(c3nc(C)cc(Nc4ccc(F)cc4)n3)CC2)cc1. The molecule has 0 amide bonds. The van der Waals surface area contributed by atoms with Crippen molar-refractivity contribution in [1.29, 1.82) is 0 Å². The van der Waals surface area contributed by atoms with Gasteiger partial charge in [-0.3, -0.25) is 0 Å². The van der Waals surface area contributed by atoms with Gasteiger partial charge in [0.15, 0.2) is 0 Å². The highest BCUT2D eigenvalue weighted by Crippen LogP contribution is 2.22. The number of benzene rings is 2. The fourth-order valence-corrected chi connectivity index (χ4v) is 5.04. The van der Waals surface area contributed by atoms with Gasteiger partial charge in [0.25, 0.3) is 0 Å². The van der Waals surface area contributed by atoms with Crippen molar-refractivity contribution in [2.24, 2.45) is 0 Å². The Balaban J connectivity index is 1.45. The molecule has 168 valence electrons. The molecule has 0 radical (unpaired) electrons.